The van der Waals surface area contributed by atoms with Crippen LogP contribution in [0.15, 0.2) is 77.3 Å². The van der Waals surface area contributed by atoms with Gasteiger partial charge in [-0.05, 0) is 62.2 Å². The van der Waals surface area contributed by atoms with E-state index < -0.39 is 6.04 Å². The summed E-state index contributed by atoms with van der Waals surface area (Å²) in [6.45, 7) is 11.0. The standard InChI is InChI=1S/C32H38BrClN2O3/c1-22(2)19-35-31(38)28(17-23-11-7-6-8-12-23)36(20-24-13-9-10-14-27(24)34)30(37)21-39-29-16-15-25(18-26(29)33)32(3,4)5/h6-16,18,22,28H,17,19-21H2,1-5H3,(H,35,38). The Balaban J connectivity index is 1.91. The molecule has 0 aliphatic carbocycles. The average Bonchev–Trinajstić information content (AvgIpc) is 2.89. The van der Waals surface area contributed by atoms with Gasteiger partial charge in [0.25, 0.3) is 5.91 Å². The summed E-state index contributed by atoms with van der Waals surface area (Å²) in [5, 5.41) is 3.57. The summed E-state index contributed by atoms with van der Waals surface area (Å²) >= 11 is 10.1. The van der Waals surface area contributed by atoms with Gasteiger partial charge in [0.15, 0.2) is 6.61 Å². The predicted octanol–water partition coefficient (Wildman–Crippen LogP) is 7.19. The van der Waals surface area contributed by atoms with E-state index in [-0.39, 0.29) is 36.3 Å². The highest BCUT2D eigenvalue weighted by molar-refractivity contribution is 9.10. The molecule has 1 atom stereocenters. The lowest BCUT2D eigenvalue weighted by Gasteiger charge is -2.32. The van der Waals surface area contributed by atoms with Crippen LogP contribution in [0.3, 0.4) is 0 Å². The lowest BCUT2D eigenvalue weighted by molar-refractivity contribution is -0.142. The van der Waals surface area contributed by atoms with Crippen LogP contribution in [0.5, 0.6) is 5.75 Å². The Morgan fingerprint density at radius 2 is 1.67 bits per heavy atom. The molecule has 0 heterocycles. The Bertz CT molecular complexity index is 1260. The molecule has 1 unspecified atom stereocenters. The molecule has 3 aromatic carbocycles. The minimum atomic E-state index is -0.745. The second-order valence-corrected chi connectivity index (χ2v) is 12.4. The second-order valence-electron chi connectivity index (χ2n) is 11.1. The van der Waals surface area contributed by atoms with Gasteiger partial charge in [0.2, 0.25) is 5.91 Å². The maximum Gasteiger partial charge on any atom is 0.261 e. The third kappa shape index (κ3) is 9.11. The van der Waals surface area contributed by atoms with Crippen molar-refractivity contribution in [3.8, 4) is 5.75 Å². The first-order valence-electron chi connectivity index (χ1n) is 13.2. The number of rotatable bonds is 11. The fraction of sp³-hybridized carbons (Fsp3) is 0.375. The van der Waals surface area contributed by atoms with E-state index in [4.69, 9.17) is 16.3 Å². The Hall–Kier alpha value is -2.83. The first-order valence-corrected chi connectivity index (χ1v) is 14.4. The molecule has 0 saturated heterocycles. The average molecular weight is 614 g/mol. The molecule has 3 rings (SSSR count). The SMILES string of the molecule is CC(C)CNC(=O)C(Cc1ccccc1)N(Cc1ccccc1Cl)C(=O)COc1ccc(C(C)(C)C)cc1Br. The van der Waals surface area contributed by atoms with E-state index in [1.165, 1.54) is 0 Å². The van der Waals surface area contributed by atoms with Gasteiger partial charge in [0.05, 0.1) is 4.47 Å². The highest BCUT2D eigenvalue weighted by atomic mass is 79.9. The Morgan fingerprint density at radius 3 is 2.28 bits per heavy atom. The van der Waals surface area contributed by atoms with Crippen LogP contribution in [0, 0.1) is 5.92 Å². The van der Waals surface area contributed by atoms with Crippen molar-refractivity contribution in [3.63, 3.8) is 0 Å². The molecule has 0 saturated carbocycles. The molecular weight excluding hydrogens is 576 g/mol. The van der Waals surface area contributed by atoms with Crippen molar-refractivity contribution in [3.05, 3.63) is 99.0 Å². The first kappa shape index (κ1) is 30.7. The lowest BCUT2D eigenvalue weighted by atomic mass is 9.87. The van der Waals surface area contributed by atoms with Crippen molar-refractivity contribution in [2.75, 3.05) is 13.2 Å². The zero-order valence-corrected chi connectivity index (χ0v) is 25.7. The van der Waals surface area contributed by atoms with Gasteiger partial charge in [-0.3, -0.25) is 9.59 Å². The normalized spacial score (nSPS) is 12.2. The number of nitrogens with zero attached hydrogens (tertiary/aromatic N) is 1. The minimum absolute atomic E-state index is 0.0172. The molecule has 3 aromatic rings. The van der Waals surface area contributed by atoms with Crippen molar-refractivity contribution in [2.24, 2.45) is 5.92 Å². The van der Waals surface area contributed by atoms with Crippen molar-refractivity contribution in [1.29, 1.82) is 0 Å². The van der Waals surface area contributed by atoms with E-state index in [2.05, 4.69) is 42.0 Å². The van der Waals surface area contributed by atoms with Crippen LogP contribution in [0.2, 0.25) is 5.02 Å². The number of carbonyl (C=O) groups excluding carboxylic acids is 2. The molecule has 5 nitrogen and oxygen atoms in total. The van der Waals surface area contributed by atoms with E-state index in [0.29, 0.717) is 23.7 Å². The summed E-state index contributed by atoms with van der Waals surface area (Å²) in [5.41, 5.74) is 2.85. The maximum atomic E-state index is 13.8. The van der Waals surface area contributed by atoms with E-state index in [1.807, 2.05) is 80.6 Å². The topological polar surface area (TPSA) is 58.6 Å². The van der Waals surface area contributed by atoms with Gasteiger partial charge in [0.1, 0.15) is 11.8 Å². The lowest BCUT2D eigenvalue weighted by Crippen LogP contribution is -2.52. The van der Waals surface area contributed by atoms with Crippen molar-refractivity contribution >= 4 is 39.3 Å². The van der Waals surface area contributed by atoms with Crippen LogP contribution in [-0.2, 0) is 28.0 Å². The molecule has 0 fully saturated rings. The number of hydrogen-bond acceptors (Lipinski definition) is 3. The Morgan fingerprint density at radius 1 is 1.00 bits per heavy atom. The summed E-state index contributed by atoms with van der Waals surface area (Å²) in [4.78, 5) is 28.9. The minimum Gasteiger partial charge on any atom is -0.483 e. The van der Waals surface area contributed by atoms with Crippen LogP contribution in [0.4, 0.5) is 0 Å². The number of amides is 2. The van der Waals surface area contributed by atoms with E-state index >= 15 is 0 Å². The maximum absolute atomic E-state index is 13.8. The number of hydrogen-bond donors (Lipinski definition) is 1. The van der Waals surface area contributed by atoms with Crippen LogP contribution < -0.4 is 10.1 Å². The van der Waals surface area contributed by atoms with Crippen LogP contribution >= 0.6 is 27.5 Å². The number of ether oxygens (including phenoxy) is 1. The smallest absolute Gasteiger partial charge is 0.261 e. The summed E-state index contributed by atoms with van der Waals surface area (Å²) in [6.07, 6.45) is 0.366. The summed E-state index contributed by atoms with van der Waals surface area (Å²) in [6, 6.07) is 22.2. The number of halogens is 2. The zero-order chi connectivity index (χ0) is 28.6. The van der Waals surface area contributed by atoms with Crippen LogP contribution in [0.1, 0.15) is 51.3 Å². The molecule has 0 aliphatic rings. The first-order chi connectivity index (χ1) is 18.5. The largest absolute Gasteiger partial charge is 0.483 e. The van der Waals surface area contributed by atoms with Crippen LogP contribution in [0.25, 0.3) is 0 Å². The monoisotopic (exact) mass is 612 g/mol. The molecule has 1 N–H and O–H groups in total. The van der Waals surface area contributed by atoms with E-state index in [0.717, 1.165) is 21.2 Å². The van der Waals surface area contributed by atoms with Gasteiger partial charge in [-0.15, -0.1) is 0 Å². The van der Waals surface area contributed by atoms with Gasteiger partial charge < -0.3 is 15.0 Å². The summed E-state index contributed by atoms with van der Waals surface area (Å²) in [7, 11) is 0. The molecule has 0 radical (unpaired) electrons. The third-order valence-electron chi connectivity index (χ3n) is 6.40. The third-order valence-corrected chi connectivity index (χ3v) is 7.39. The van der Waals surface area contributed by atoms with Crippen molar-refractivity contribution < 1.29 is 14.3 Å². The summed E-state index contributed by atoms with van der Waals surface area (Å²) < 4.78 is 6.76. The molecule has 39 heavy (non-hydrogen) atoms. The number of nitrogens with one attached hydrogen (secondary N) is 1. The number of carbonyl (C=O) groups is 2. The molecule has 2 amide bonds. The van der Waals surface area contributed by atoms with Crippen molar-refractivity contribution in [1.82, 2.24) is 10.2 Å². The Labute approximate surface area is 246 Å². The molecule has 0 spiro atoms. The molecule has 0 aliphatic heterocycles. The van der Waals surface area contributed by atoms with Gasteiger partial charge in [0, 0.05) is 24.5 Å². The quantitative estimate of drug-likeness (QED) is 0.249. The predicted molar refractivity (Wildman–Crippen MR) is 162 cm³/mol. The van der Waals surface area contributed by atoms with Crippen molar-refractivity contribution in [2.45, 2.75) is 59.0 Å². The molecule has 0 aromatic heterocycles. The number of benzene rings is 3. The second kappa shape index (κ2) is 14.0. The van der Waals surface area contributed by atoms with Gasteiger partial charge in [-0.25, -0.2) is 0 Å². The van der Waals surface area contributed by atoms with Gasteiger partial charge >= 0.3 is 0 Å². The molecular formula is C32H38BrClN2O3. The molecule has 0 bridgehead atoms. The van der Waals surface area contributed by atoms with Gasteiger partial charge in [-0.2, -0.15) is 0 Å². The Kier molecular flexibility index (Phi) is 11.0. The fourth-order valence-electron chi connectivity index (χ4n) is 4.09. The fourth-order valence-corrected chi connectivity index (χ4v) is 4.78. The molecule has 7 heteroatoms. The zero-order valence-electron chi connectivity index (χ0n) is 23.3. The van der Waals surface area contributed by atoms with Gasteiger partial charge in [-0.1, -0.05) is 101 Å². The highest BCUT2D eigenvalue weighted by Gasteiger charge is 2.31. The highest BCUT2D eigenvalue weighted by Crippen LogP contribution is 2.31. The van der Waals surface area contributed by atoms with E-state index in [1.54, 1.807) is 11.0 Å². The summed E-state index contributed by atoms with van der Waals surface area (Å²) in [5.74, 6) is 0.333. The van der Waals surface area contributed by atoms with E-state index in [9.17, 15) is 9.59 Å². The van der Waals surface area contributed by atoms with Crippen LogP contribution in [-0.4, -0.2) is 35.9 Å². The molecule has 208 valence electrons.